The van der Waals surface area contributed by atoms with Crippen LogP contribution in [0.15, 0.2) is 42.7 Å². The average molecular weight is 270 g/mol. The molecule has 0 saturated carbocycles. The molecule has 0 atom stereocenters. The molecule has 0 N–H and O–H groups in total. The van der Waals surface area contributed by atoms with Crippen LogP contribution in [0.2, 0.25) is 5.15 Å². The Morgan fingerprint density at radius 3 is 2.58 bits per heavy atom. The molecule has 0 aliphatic rings. The summed E-state index contributed by atoms with van der Waals surface area (Å²) in [6.45, 7) is 2.04. The summed E-state index contributed by atoms with van der Waals surface area (Å²) in [5.41, 5.74) is 3.26. The molecular weight excluding hydrogens is 258 g/mol. The van der Waals surface area contributed by atoms with Crippen LogP contribution in [0.1, 0.15) is 16.8 Å². The fraction of sp³-hybridized carbons (Fsp3) is 0.133. The quantitative estimate of drug-likeness (QED) is 0.714. The second-order valence-electron chi connectivity index (χ2n) is 4.52. The topological polar surface area (TPSA) is 38.7 Å². The Morgan fingerprint density at radius 2 is 1.79 bits per heavy atom. The first-order chi connectivity index (χ1) is 9.24. The monoisotopic (exact) mass is 269 g/mol. The van der Waals surface area contributed by atoms with E-state index in [4.69, 9.17) is 11.6 Å². The number of aryl methyl sites for hydroxylation is 1. The van der Waals surface area contributed by atoms with E-state index in [1.165, 1.54) is 0 Å². The van der Waals surface area contributed by atoms with Crippen molar-refractivity contribution in [3.63, 3.8) is 0 Å². The molecule has 0 amide bonds. The summed E-state index contributed by atoms with van der Waals surface area (Å²) >= 11 is 6.12. The zero-order valence-electron chi connectivity index (χ0n) is 10.5. The van der Waals surface area contributed by atoms with Gasteiger partial charge in [-0.15, -0.1) is 5.10 Å². The third-order valence-electron chi connectivity index (χ3n) is 3.09. The minimum Gasteiger partial charge on any atom is -0.265 e. The summed E-state index contributed by atoms with van der Waals surface area (Å²) in [5.74, 6) is 0. The van der Waals surface area contributed by atoms with Crippen LogP contribution in [0.5, 0.6) is 0 Å². The maximum Gasteiger partial charge on any atom is 0.159 e. The molecule has 19 heavy (non-hydrogen) atoms. The predicted molar refractivity (Wildman–Crippen MR) is 76.3 cm³/mol. The van der Waals surface area contributed by atoms with Crippen molar-refractivity contribution in [3.8, 4) is 0 Å². The molecule has 0 saturated heterocycles. The summed E-state index contributed by atoms with van der Waals surface area (Å²) in [7, 11) is 0. The van der Waals surface area contributed by atoms with Crippen LogP contribution >= 0.6 is 11.6 Å². The molecule has 94 valence electrons. The number of nitrogens with zero attached hydrogens (tertiary/aromatic N) is 3. The van der Waals surface area contributed by atoms with E-state index in [0.29, 0.717) is 5.15 Å². The highest BCUT2D eigenvalue weighted by Gasteiger charge is 2.08. The molecule has 0 bridgehead atoms. The van der Waals surface area contributed by atoms with E-state index in [-0.39, 0.29) is 0 Å². The molecule has 0 aliphatic carbocycles. The molecule has 0 aliphatic heterocycles. The number of hydrogen-bond donors (Lipinski definition) is 0. The lowest BCUT2D eigenvalue weighted by Gasteiger charge is -2.07. The number of benzene rings is 1. The molecule has 0 radical (unpaired) electrons. The lowest BCUT2D eigenvalue weighted by atomic mass is 10.0. The second-order valence-corrected chi connectivity index (χ2v) is 4.88. The van der Waals surface area contributed by atoms with Gasteiger partial charge in [-0.1, -0.05) is 29.3 Å². The fourth-order valence-electron chi connectivity index (χ4n) is 2.12. The van der Waals surface area contributed by atoms with E-state index >= 15 is 0 Å². The van der Waals surface area contributed by atoms with Crippen LogP contribution in [-0.2, 0) is 6.42 Å². The number of pyridine rings is 1. The van der Waals surface area contributed by atoms with E-state index in [1.807, 2.05) is 25.1 Å². The Kier molecular flexibility index (Phi) is 3.13. The van der Waals surface area contributed by atoms with Gasteiger partial charge in [-0.3, -0.25) is 4.98 Å². The smallest absolute Gasteiger partial charge is 0.159 e. The summed E-state index contributed by atoms with van der Waals surface area (Å²) in [4.78, 5) is 4.02. The van der Waals surface area contributed by atoms with Gasteiger partial charge in [-0.05, 0) is 30.7 Å². The van der Waals surface area contributed by atoms with Gasteiger partial charge in [0.2, 0.25) is 0 Å². The molecule has 3 nitrogen and oxygen atoms in total. The molecular formula is C15H12ClN3. The summed E-state index contributed by atoms with van der Waals surface area (Å²) in [6.07, 6.45) is 4.29. The zero-order chi connectivity index (χ0) is 13.2. The van der Waals surface area contributed by atoms with Gasteiger partial charge in [-0.25, -0.2) is 0 Å². The SMILES string of the molecule is Cc1ccc2c(Cc3ccncc3)nnc(Cl)c2c1. The van der Waals surface area contributed by atoms with Crippen molar-refractivity contribution >= 4 is 22.4 Å². The fourth-order valence-corrected chi connectivity index (χ4v) is 2.31. The van der Waals surface area contributed by atoms with Crippen molar-refractivity contribution in [1.82, 2.24) is 15.2 Å². The van der Waals surface area contributed by atoms with E-state index < -0.39 is 0 Å². The number of halogens is 1. The van der Waals surface area contributed by atoms with Gasteiger partial charge >= 0.3 is 0 Å². The van der Waals surface area contributed by atoms with Crippen LogP contribution in [0.3, 0.4) is 0 Å². The number of aromatic nitrogens is 3. The lowest BCUT2D eigenvalue weighted by molar-refractivity contribution is 0.956. The summed E-state index contributed by atoms with van der Waals surface area (Å²) < 4.78 is 0. The van der Waals surface area contributed by atoms with Crippen LogP contribution in [-0.4, -0.2) is 15.2 Å². The predicted octanol–water partition coefficient (Wildman–Crippen LogP) is 3.58. The molecule has 3 rings (SSSR count). The van der Waals surface area contributed by atoms with Crippen molar-refractivity contribution in [1.29, 1.82) is 0 Å². The van der Waals surface area contributed by atoms with Gasteiger partial charge in [-0.2, -0.15) is 5.10 Å². The third-order valence-corrected chi connectivity index (χ3v) is 3.37. The zero-order valence-corrected chi connectivity index (χ0v) is 11.2. The minimum absolute atomic E-state index is 0.456. The van der Waals surface area contributed by atoms with Crippen LogP contribution in [0, 0.1) is 6.92 Å². The van der Waals surface area contributed by atoms with Gasteiger partial charge < -0.3 is 0 Å². The highest BCUT2D eigenvalue weighted by atomic mass is 35.5. The van der Waals surface area contributed by atoms with Gasteiger partial charge in [0.15, 0.2) is 5.15 Å². The molecule has 3 aromatic rings. The van der Waals surface area contributed by atoms with Crippen molar-refractivity contribution in [2.45, 2.75) is 13.3 Å². The minimum atomic E-state index is 0.456. The van der Waals surface area contributed by atoms with Gasteiger partial charge in [0.1, 0.15) is 0 Å². The Morgan fingerprint density at radius 1 is 1.00 bits per heavy atom. The maximum absolute atomic E-state index is 6.12. The molecule has 2 heterocycles. The van der Waals surface area contributed by atoms with E-state index in [9.17, 15) is 0 Å². The largest absolute Gasteiger partial charge is 0.265 e. The van der Waals surface area contributed by atoms with Crippen LogP contribution in [0.4, 0.5) is 0 Å². The molecule has 2 aromatic heterocycles. The highest BCUT2D eigenvalue weighted by Crippen LogP contribution is 2.25. The van der Waals surface area contributed by atoms with E-state index in [2.05, 4.69) is 27.3 Å². The molecule has 0 fully saturated rings. The average Bonchev–Trinajstić information content (AvgIpc) is 2.43. The molecule has 0 unspecified atom stereocenters. The van der Waals surface area contributed by atoms with Crippen molar-refractivity contribution < 1.29 is 0 Å². The van der Waals surface area contributed by atoms with Crippen molar-refractivity contribution in [3.05, 3.63) is 64.7 Å². The summed E-state index contributed by atoms with van der Waals surface area (Å²) in [6, 6.07) is 10.1. The first-order valence-corrected chi connectivity index (χ1v) is 6.42. The standard InChI is InChI=1S/C15H12ClN3/c1-10-2-3-12-13(8-10)15(16)19-18-14(12)9-11-4-6-17-7-5-11/h2-8H,9H2,1H3. The third kappa shape index (κ3) is 2.42. The van der Waals surface area contributed by atoms with Gasteiger partial charge in [0, 0.05) is 29.6 Å². The van der Waals surface area contributed by atoms with E-state index in [0.717, 1.165) is 34.0 Å². The molecule has 4 heteroatoms. The number of rotatable bonds is 2. The maximum atomic E-state index is 6.12. The lowest BCUT2D eigenvalue weighted by Crippen LogP contribution is -1.97. The molecule has 1 aromatic carbocycles. The first kappa shape index (κ1) is 12.1. The summed E-state index contributed by atoms with van der Waals surface area (Å²) in [5, 5.41) is 10.7. The second kappa shape index (κ2) is 4.94. The Balaban J connectivity index is 2.12. The van der Waals surface area contributed by atoms with Crippen molar-refractivity contribution in [2.75, 3.05) is 0 Å². The van der Waals surface area contributed by atoms with Crippen molar-refractivity contribution in [2.24, 2.45) is 0 Å². The first-order valence-electron chi connectivity index (χ1n) is 6.04. The van der Waals surface area contributed by atoms with Gasteiger partial charge in [0.05, 0.1) is 5.69 Å². The number of fused-ring (bicyclic) bond motifs is 1. The van der Waals surface area contributed by atoms with E-state index in [1.54, 1.807) is 12.4 Å². The van der Waals surface area contributed by atoms with Crippen LogP contribution in [0.25, 0.3) is 10.8 Å². The Hall–Kier alpha value is -2.00. The van der Waals surface area contributed by atoms with Gasteiger partial charge in [0.25, 0.3) is 0 Å². The number of hydrogen-bond acceptors (Lipinski definition) is 3. The van der Waals surface area contributed by atoms with Crippen LogP contribution < -0.4 is 0 Å². The highest BCUT2D eigenvalue weighted by molar-refractivity contribution is 6.34. The molecule has 0 spiro atoms. The Labute approximate surface area is 116 Å². The normalized spacial score (nSPS) is 10.8. The Bertz CT molecular complexity index is 726.